The Bertz CT molecular complexity index is 1610. The Morgan fingerprint density at radius 2 is 2.03 bits per heavy atom. The molecule has 0 aliphatic carbocycles. The lowest BCUT2D eigenvalue weighted by molar-refractivity contribution is 0.0941. The summed E-state index contributed by atoms with van der Waals surface area (Å²) in [5.41, 5.74) is 4.29. The van der Waals surface area contributed by atoms with Crippen LogP contribution < -0.4 is 26.2 Å². The number of hydrogen-bond donors (Lipinski definition) is 5. The van der Waals surface area contributed by atoms with E-state index >= 15 is 0 Å². The Balaban J connectivity index is 1.66. The number of methoxy groups -OCH3 is 1. The number of nitrogens with one attached hydrogen (secondary N) is 5. The molecule has 36 heavy (non-hydrogen) atoms. The highest BCUT2D eigenvalue weighted by Crippen LogP contribution is 2.44. The van der Waals surface area contributed by atoms with Crippen molar-refractivity contribution >= 4 is 45.9 Å². The summed E-state index contributed by atoms with van der Waals surface area (Å²) >= 11 is 6.38. The number of rotatable bonds is 3. The van der Waals surface area contributed by atoms with E-state index in [-0.39, 0.29) is 23.2 Å². The second kappa shape index (κ2) is 8.72. The molecule has 6 rings (SSSR count). The maximum absolute atomic E-state index is 13.2. The van der Waals surface area contributed by atoms with Crippen molar-refractivity contribution in [2.75, 3.05) is 30.8 Å². The smallest absolute Gasteiger partial charge is 0.292 e. The molecule has 1 aromatic carbocycles. The first kappa shape index (κ1) is 22.2. The Kier molecular flexibility index (Phi) is 5.37. The summed E-state index contributed by atoms with van der Waals surface area (Å²) in [6, 6.07) is 7.17. The van der Waals surface area contributed by atoms with Crippen LogP contribution in [0.1, 0.15) is 28.4 Å². The molecule has 11 heteroatoms. The van der Waals surface area contributed by atoms with Gasteiger partial charge in [0.05, 0.1) is 34.8 Å². The lowest BCUT2D eigenvalue weighted by Crippen LogP contribution is -2.34. The second-order valence-corrected chi connectivity index (χ2v) is 8.98. The SMILES string of the molecule is COc1c(Cl)cccc1Nc1c2[nH]c3c1C(=O)NC[C@H]3C/C=C\CNc1nc3c-2ccnc3[nH]c1=O. The Morgan fingerprint density at radius 1 is 1.14 bits per heavy atom. The summed E-state index contributed by atoms with van der Waals surface area (Å²) in [6.07, 6.45) is 6.28. The molecule has 1 amide bonds. The number of aromatic amines is 2. The van der Waals surface area contributed by atoms with Crippen LogP contribution in [0.4, 0.5) is 17.2 Å². The predicted octanol–water partition coefficient (Wildman–Crippen LogP) is 3.92. The fraction of sp³-hybridized carbons (Fsp3) is 0.200. The van der Waals surface area contributed by atoms with Crippen LogP contribution in [-0.4, -0.2) is 46.0 Å². The molecule has 4 aromatic rings. The standard InChI is InChI=1S/C25H22ClN7O3/c1-36-21-14(26)6-4-7-15(21)30-20-16-17-12(11-29-24(16)34)5-2-3-9-27-23-25(35)33-22-19(32-23)13(8-10-28-22)18(20)31-17/h2-4,6-8,10,12,30-31H,5,9,11H2,1H3,(H,27,32)(H,29,34)(H,28,33,35)/b3-2-/t12-/m1/s1. The molecule has 182 valence electrons. The number of anilines is 3. The molecule has 0 fully saturated rings. The van der Waals surface area contributed by atoms with Crippen LogP contribution in [0.5, 0.6) is 5.75 Å². The molecule has 0 radical (unpaired) electrons. The number of para-hydroxylation sites is 1. The van der Waals surface area contributed by atoms with Gasteiger partial charge in [-0.05, 0) is 24.6 Å². The van der Waals surface area contributed by atoms with Gasteiger partial charge in [0.1, 0.15) is 5.52 Å². The molecule has 2 aliphatic rings. The lowest BCUT2D eigenvalue weighted by Gasteiger charge is -2.23. The number of carbonyl (C=O) groups excluding carboxylic acids is 1. The van der Waals surface area contributed by atoms with Crippen LogP contribution in [0, 0.1) is 0 Å². The third-order valence-electron chi connectivity index (χ3n) is 6.44. The van der Waals surface area contributed by atoms with E-state index in [1.807, 2.05) is 18.2 Å². The molecule has 2 aliphatic heterocycles. The number of fused-ring (bicyclic) bond motifs is 3. The van der Waals surface area contributed by atoms with Gasteiger partial charge in [-0.25, -0.2) is 9.97 Å². The Morgan fingerprint density at radius 3 is 2.89 bits per heavy atom. The minimum Gasteiger partial charge on any atom is -0.493 e. The zero-order valence-corrected chi connectivity index (χ0v) is 20.0. The first-order chi connectivity index (χ1) is 17.5. The maximum Gasteiger partial charge on any atom is 0.292 e. The maximum atomic E-state index is 13.2. The first-order valence-electron chi connectivity index (χ1n) is 11.5. The van der Waals surface area contributed by atoms with Gasteiger partial charge in [-0.1, -0.05) is 29.8 Å². The highest BCUT2D eigenvalue weighted by molar-refractivity contribution is 6.32. The summed E-state index contributed by atoms with van der Waals surface area (Å²) in [5.74, 6) is 0.490. The van der Waals surface area contributed by atoms with Crippen LogP contribution in [-0.2, 0) is 0 Å². The van der Waals surface area contributed by atoms with Gasteiger partial charge >= 0.3 is 0 Å². The van der Waals surface area contributed by atoms with Crippen molar-refractivity contribution in [1.29, 1.82) is 0 Å². The molecule has 5 N–H and O–H groups in total. The molecule has 10 nitrogen and oxygen atoms in total. The number of aromatic nitrogens is 4. The van der Waals surface area contributed by atoms with Crippen molar-refractivity contribution < 1.29 is 9.53 Å². The number of nitrogens with zero attached hydrogens (tertiary/aromatic N) is 2. The van der Waals surface area contributed by atoms with E-state index in [0.717, 1.165) is 5.69 Å². The predicted molar refractivity (Wildman–Crippen MR) is 139 cm³/mol. The summed E-state index contributed by atoms with van der Waals surface area (Å²) in [7, 11) is 1.54. The van der Waals surface area contributed by atoms with Gasteiger partial charge in [0.25, 0.3) is 11.5 Å². The van der Waals surface area contributed by atoms with Gasteiger partial charge in [-0.3, -0.25) is 9.59 Å². The average Bonchev–Trinajstić information content (AvgIpc) is 3.25. The molecular weight excluding hydrogens is 482 g/mol. The van der Waals surface area contributed by atoms with E-state index in [1.165, 1.54) is 0 Å². The minimum absolute atomic E-state index is 0.0280. The molecular formula is C25H22ClN7O3. The first-order valence-corrected chi connectivity index (χ1v) is 11.8. The van der Waals surface area contributed by atoms with E-state index in [4.69, 9.17) is 16.3 Å². The van der Waals surface area contributed by atoms with Crippen LogP contribution in [0.2, 0.25) is 5.02 Å². The number of hydrogen-bond acceptors (Lipinski definition) is 7. The van der Waals surface area contributed by atoms with E-state index in [0.29, 0.717) is 69.6 Å². The molecule has 5 heterocycles. The quantitative estimate of drug-likeness (QED) is 0.267. The normalized spacial score (nSPS) is 17.4. The van der Waals surface area contributed by atoms with Crippen molar-refractivity contribution in [3.05, 3.63) is 69.2 Å². The third-order valence-corrected chi connectivity index (χ3v) is 6.74. The van der Waals surface area contributed by atoms with Gasteiger partial charge in [0, 0.05) is 36.5 Å². The van der Waals surface area contributed by atoms with E-state index < -0.39 is 0 Å². The number of carbonyl (C=O) groups is 1. The lowest BCUT2D eigenvalue weighted by atomic mass is 9.93. The van der Waals surface area contributed by atoms with Crippen molar-refractivity contribution in [2.24, 2.45) is 0 Å². The molecule has 1 atom stereocenters. The molecule has 0 saturated heterocycles. The van der Waals surface area contributed by atoms with Crippen LogP contribution in [0.25, 0.3) is 22.4 Å². The van der Waals surface area contributed by atoms with Gasteiger partial charge < -0.3 is 30.7 Å². The highest BCUT2D eigenvalue weighted by Gasteiger charge is 2.33. The van der Waals surface area contributed by atoms with Crippen molar-refractivity contribution in [1.82, 2.24) is 25.3 Å². The van der Waals surface area contributed by atoms with Crippen molar-refractivity contribution in [3.8, 4) is 17.0 Å². The largest absolute Gasteiger partial charge is 0.493 e. The van der Waals surface area contributed by atoms with Crippen LogP contribution >= 0.6 is 11.6 Å². The minimum atomic E-state index is -0.358. The summed E-state index contributed by atoms with van der Waals surface area (Å²) in [6.45, 7) is 0.944. The van der Waals surface area contributed by atoms with Gasteiger partial charge in [0.15, 0.2) is 17.2 Å². The fourth-order valence-corrected chi connectivity index (χ4v) is 5.01. The Labute approximate surface area is 210 Å². The summed E-state index contributed by atoms with van der Waals surface area (Å²) < 4.78 is 5.54. The summed E-state index contributed by atoms with van der Waals surface area (Å²) in [5, 5.41) is 9.94. The van der Waals surface area contributed by atoms with Gasteiger partial charge in [-0.15, -0.1) is 0 Å². The van der Waals surface area contributed by atoms with Crippen molar-refractivity contribution in [2.45, 2.75) is 12.3 Å². The molecule has 0 spiro atoms. The molecule has 4 bridgehead atoms. The van der Waals surface area contributed by atoms with Gasteiger partial charge in [-0.2, -0.15) is 0 Å². The molecule has 3 aromatic heterocycles. The van der Waals surface area contributed by atoms with Crippen molar-refractivity contribution in [3.63, 3.8) is 0 Å². The average molecular weight is 504 g/mol. The number of pyridine rings is 1. The monoisotopic (exact) mass is 503 g/mol. The number of amides is 1. The summed E-state index contributed by atoms with van der Waals surface area (Å²) in [4.78, 5) is 41.0. The number of H-pyrrole nitrogens is 2. The number of ether oxygens (including phenoxy) is 1. The van der Waals surface area contributed by atoms with Gasteiger partial charge in [0.2, 0.25) is 0 Å². The number of allylic oxidation sites excluding steroid dienone is 1. The van der Waals surface area contributed by atoms with Crippen LogP contribution in [0.15, 0.2) is 47.4 Å². The zero-order chi connectivity index (χ0) is 24.8. The Hall–Kier alpha value is -4.31. The third kappa shape index (κ3) is 3.57. The number of halogens is 1. The number of benzene rings is 1. The zero-order valence-electron chi connectivity index (χ0n) is 19.2. The van der Waals surface area contributed by atoms with E-state index in [9.17, 15) is 9.59 Å². The molecule has 0 saturated carbocycles. The van der Waals surface area contributed by atoms with E-state index in [1.54, 1.807) is 31.5 Å². The second-order valence-electron chi connectivity index (χ2n) is 8.57. The highest BCUT2D eigenvalue weighted by atomic mass is 35.5. The van der Waals surface area contributed by atoms with Crippen LogP contribution in [0.3, 0.4) is 0 Å². The fourth-order valence-electron chi connectivity index (χ4n) is 4.75. The van der Waals surface area contributed by atoms with E-state index in [2.05, 4.69) is 35.9 Å². The topological polar surface area (TPSA) is 137 Å². The molecule has 0 unspecified atom stereocenters.